The molecule has 1 aromatic carbocycles. The molecule has 1 aliphatic heterocycles. The predicted molar refractivity (Wildman–Crippen MR) is 115 cm³/mol. The van der Waals surface area contributed by atoms with E-state index in [0.717, 1.165) is 16.8 Å². The smallest absolute Gasteiger partial charge is 0.224 e. The minimum atomic E-state index is -0.0708. The molecule has 1 heterocycles. The zero-order valence-corrected chi connectivity index (χ0v) is 16.8. The number of allylic oxidation sites excluding steroid dienone is 1. The normalized spacial score (nSPS) is 18.3. The lowest BCUT2D eigenvalue weighted by Gasteiger charge is -2.28. The van der Waals surface area contributed by atoms with Crippen molar-refractivity contribution in [1.29, 1.82) is 0 Å². The summed E-state index contributed by atoms with van der Waals surface area (Å²) in [6.45, 7) is 17.5. The van der Waals surface area contributed by atoms with Crippen molar-refractivity contribution in [2.24, 2.45) is 11.5 Å². The summed E-state index contributed by atoms with van der Waals surface area (Å²) in [5.74, 6) is -0.0708. The minimum absolute atomic E-state index is 0. The maximum atomic E-state index is 12.0. The van der Waals surface area contributed by atoms with Gasteiger partial charge in [-0.3, -0.25) is 4.79 Å². The lowest BCUT2D eigenvalue weighted by molar-refractivity contribution is -0.116. The molecule has 0 fully saturated rings. The van der Waals surface area contributed by atoms with Crippen LogP contribution in [0.25, 0.3) is 5.70 Å². The van der Waals surface area contributed by atoms with E-state index >= 15 is 0 Å². The summed E-state index contributed by atoms with van der Waals surface area (Å²) in [5, 5.41) is 0. The molecule has 7 N–H and O–H groups in total. The molecule has 26 heavy (non-hydrogen) atoms. The van der Waals surface area contributed by atoms with Gasteiger partial charge >= 0.3 is 0 Å². The number of fused-ring (bicyclic) bond motifs is 1. The molecule has 0 saturated heterocycles. The Morgan fingerprint density at radius 3 is 2.04 bits per heavy atom. The number of anilines is 1. The average Bonchev–Trinajstić information content (AvgIpc) is 2.66. The Bertz CT molecular complexity index is 687. The van der Waals surface area contributed by atoms with Crippen LogP contribution in [0.4, 0.5) is 5.69 Å². The Morgan fingerprint density at radius 1 is 1.04 bits per heavy atom. The maximum Gasteiger partial charge on any atom is 0.224 e. The summed E-state index contributed by atoms with van der Waals surface area (Å²) in [5.41, 5.74) is 16.3. The Labute approximate surface area is 158 Å². The van der Waals surface area contributed by atoms with E-state index in [0.29, 0.717) is 23.5 Å². The monoisotopic (exact) mass is 358 g/mol. The fourth-order valence-corrected chi connectivity index (χ4v) is 2.44. The van der Waals surface area contributed by atoms with Crippen LogP contribution in [0.5, 0.6) is 0 Å². The minimum Gasteiger partial charge on any atom is -0.397 e. The number of hydrogen-bond acceptors (Lipinski definition) is 4. The number of nitrogens with two attached hydrogens (primary N) is 2. The van der Waals surface area contributed by atoms with Crippen LogP contribution in [0, 0.1) is 0 Å². The van der Waals surface area contributed by atoms with Crippen LogP contribution in [0.3, 0.4) is 0 Å². The van der Waals surface area contributed by atoms with Gasteiger partial charge in [-0.2, -0.15) is 0 Å². The maximum absolute atomic E-state index is 12.0. The van der Waals surface area contributed by atoms with Crippen LogP contribution >= 0.6 is 0 Å². The highest BCUT2D eigenvalue weighted by atomic mass is 16.2. The SMILES string of the molecule is C=C/C1=C(C=C)/C(N)=C(/N)c2ccccc2N(C(C)=O)C1.CC.CC.N. The van der Waals surface area contributed by atoms with Gasteiger partial charge in [-0.15, -0.1) is 0 Å². The largest absolute Gasteiger partial charge is 0.397 e. The zero-order valence-electron chi connectivity index (χ0n) is 16.8. The van der Waals surface area contributed by atoms with Gasteiger partial charge in [0.25, 0.3) is 0 Å². The third-order valence-corrected chi connectivity index (χ3v) is 3.57. The molecule has 1 amide bonds. The number of amides is 1. The third kappa shape index (κ3) is 5.36. The Balaban J connectivity index is 0. The standard InChI is InChI=1S/C17H19N3O.2C2H6.H3N/c1-4-12-10-20(11(3)21)15-9-7-6-8-14(15)17(19)16(18)13(12)5-2;2*1-2;/h4-9H,1-2,10,18-19H2,3H3;2*1-2H3;1H3/b13-12-,17-16-;;;. The average molecular weight is 359 g/mol. The van der Waals surface area contributed by atoms with Crippen molar-refractivity contribution in [1.82, 2.24) is 6.15 Å². The second-order valence-corrected chi connectivity index (χ2v) is 4.80. The van der Waals surface area contributed by atoms with Crippen molar-refractivity contribution in [3.63, 3.8) is 0 Å². The first-order chi connectivity index (χ1) is 12.0. The number of rotatable bonds is 2. The van der Waals surface area contributed by atoms with Gasteiger partial charge in [-0.1, -0.05) is 71.2 Å². The Morgan fingerprint density at radius 2 is 1.58 bits per heavy atom. The van der Waals surface area contributed by atoms with E-state index in [1.165, 1.54) is 6.92 Å². The number of nitrogens with zero attached hydrogens (tertiary/aromatic N) is 1. The van der Waals surface area contributed by atoms with Gasteiger partial charge < -0.3 is 22.5 Å². The summed E-state index contributed by atoms with van der Waals surface area (Å²) in [6, 6.07) is 7.44. The van der Waals surface area contributed by atoms with E-state index in [4.69, 9.17) is 11.5 Å². The van der Waals surface area contributed by atoms with Crippen LogP contribution in [0.2, 0.25) is 0 Å². The van der Waals surface area contributed by atoms with Gasteiger partial charge in [0, 0.05) is 18.1 Å². The molecular weight excluding hydrogens is 324 g/mol. The lowest BCUT2D eigenvalue weighted by atomic mass is 9.96. The molecule has 0 unspecified atom stereocenters. The van der Waals surface area contributed by atoms with Crippen LogP contribution in [-0.4, -0.2) is 12.5 Å². The third-order valence-electron chi connectivity index (χ3n) is 3.57. The molecule has 0 atom stereocenters. The molecule has 0 aliphatic carbocycles. The number of carbonyl (C=O) groups is 1. The highest BCUT2D eigenvalue weighted by molar-refractivity contribution is 5.96. The summed E-state index contributed by atoms with van der Waals surface area (Å²) >= 11 is 0. The highest BCUT2D eigenvalue weighted by Gasteiger charge is 2.22. The van der Waals surface area contributed by atoms with Crippen LogP contribution in [0.1, 0.15) is 40.2 Å². The predicted octanol–water partition coefficient (Wildman–Crippen LogP) is 4.52. The van der Waals surface area contributed by atoms with Gasteiger partial charge in [0.15, 0.2) is 0 Å². The molecule has 5 nitrogen and oxygen atoms in total. The molecular formula is C21H34N4O. The molecule has 0 saturated carbocycles. The molecule has 1 aromatic rings. The van der Waals surface area contributed by atoms with E-state index in [-0.39, 0.29) is 12.1 Å². The van der Waals surface area contributed by atoms with Crippen molar-refractivity contribution in [2.75, 3.05) is 11.4 Å². The molecule has 1 aliphatic rings. The number of benzene rings is 1. The fraction of sp³-hybridized carbons (Fsp3) is 0.286. The van der Waals surface area contributed by atoms with E-state index in [1.54, 1.807) is 17.1 Å². The van der Waals surface area contributed by atoms with Crippen LogP contribution in [-0.2, 0) is 4.79 Å². The van der Waals surface area contributed by atoms with E-state index in [1.807, 2.05) is 52.0 Å². The molecule has 0 bridgehead atoms. The molecule has 0 spiro atoms. The number of carbonyl (C=O) groups excluding carboxylic acids is 1. The summed E-state index contributed by atoms with van der Waals surface area (Å²) in [6.07, 6.45) is 3.33. The summed E-state index contributed by atoms with van der Waals surface area (Å²) < 4.78 is 0. The zero-order chi connectivity index (χ0) is 19.6. The van der Waals surface area contributed by atoms with E-state index < -0.39 is 0 Å². The molecule has 0 aromatic heterocycles. The first-order valence-electron chi connectivity index (χ1n) is 8.62. The van der Waals surface area contributed by atoms with Gasteiger partial charge in [0.1, 0.15) is 0 Å². The van der Waals surface area contributed by atoms with Crippen LogP contribution in [0.15, 0.2) is 66.4 Å². The first kappa shape index (κ1) is 25.5. The highest BCUT2D eigenvalue weighted by Crippen LogP contribution is 2.32. The van der Waals surface area contributed by atoms with Gasteiger partial charge in [-0.25, -0.2) is 0 Å². The molecule has 144 valence electrons. The second kappa shape index (κ2) is 12.6. The van der Waals surface area contributed by atoms with Crippen molar-refractivity contribution >= 4 is 17.3 Å². The first-order valence-corrected chi connectivity index (χ1v) is 8.62. The van der Waals surface area contributed by atoms with Gasteiger partial charge in [-0.05, 0) is 11.6 Å². The van der Waals surface area contributed by atoms with Gasteiger partial charge in [0.05, 0.1) is 23.6 Å². The van der Waals surface area contributed by atoms with Crippen LogP contribution < -0.4 is 22.5 Å². The lowest BCUT2D eigenvalue weighted by Crippen LogP contribution is -2.33. The topological polar surface area (TPSA) is 107 Å². The summed E-state index contributed by atoms with van der Waals surface area (Å²) in [4.78, 5) is 13.7. The second-order valence-electron chi connectivity index (χ2n) is 4.80. The van der Waals surface area contributed by atoms with Crippen molar-refractivity contribution in [3.8, 4) is 0 Å². The van der Waals surface area contributed by atoms with E-state index in [2.05, 4.69) is 13.2 Å². The Hall–Kier alpha value is -2.79. The van der Waals surface area contributed by atoms with Crippen molar-refractivity contribution < 1.29 is 4.79 Å². The fourth-order valence-electron chi connectivity index (χ4n) is 2.44. The molecule has 2 rings (SSSR count). The number of hydrogen-bond donors (Lipinski definition) is 3. The van der Waals surface area contributed by atoms with E-state index in [9.17, 15) is 4.79 Å². The van der Waals surface area contributed by atoms with Gasteiger partial charge in [0.2, 0.25) is 5.91 Å². The quantitative estimate of drug-likeness (QED) is 0.722. The Kier molecular flexibility index (Phi) is 12.3. The molecule has 5 heteroatoms. The van der Waals surface area contributed by atoms with Crippen molar-refractivity contribution in [3.05, 3.63) is 72.0 Å². The summed E-state index contributed by atoms with van der Waals surface area (Å²) in [7, 11) is 0. The number of para-hydroxylation sites is 1. The van der Waals surface area contributed by atoms with Crippen molar-refractivity contribution in [2.45, 2.75) is 34.6 Å². The molecule has 0 radical (unpaired) electrons.